The second-order valence-corrected chi connectivity index (χ2v) is 19.0. The molecule has 344 valence electrons. The minimum absolute atomic E-state index is 0.0231. The Morgan fingerprint density at radius 1 is 0.985 bits per heavy atom. The van der Waals surface area contributed by atoms with E-state index < -0.39 is 52.9 Å². The monoisotopic (exact) mass is 925 g/mol. The van der Waals surface area contributed by atoms with Gasteiger partial charge in [-0.2, -0.15) is 5.26 Å². The number of piperazine rings is 1. The lowest BCUT2D eigenvalue weighted by atomic mass is 9.71. The molecule has 17 heteroatoms. The quantitative estimate of drug-likeness (QED) is 0.153. The number of aromatic nitrogens is 1. The van der Waals surface area contributed by atoms with E-state index in [1.807, 2.05) is 51.2 Å². The molecule has 4 aromatic carbocycles. The summed E-state index contributed by atoms with van der Waals surface area (Å²) in [6, 6.07) is 14.2. The molecule has 0 aliphatic carbocycles. The van der Waals surface area contributed by atoms with E-state index in [4.69, 9.17) is 33.2 Å². The normalized spacial score (nSPS) is 25.8. The first-order valence-electron chi connectivity index (χ1n) is 22.1. The average molecular weight is 926 g/mol. The molecule has 7 aliphatic rings. The Kier molecular flexibility index (Phi) is 10.3. The highest BCUT2D eigenvalue weighted by molar-refractivity contribution is 7.99. The summed E-state index contributed by atoms with van der Waals surface area (Å²) in [5.41, 5.74) is 5.09. The van der Waals surface area contributed by atoms with Crippen molar-refractivity contribution in [3.8, 4) is 46.3 Å². The Balaban J connectivity index is 1.09. The predicted molar refractivity (Wildman–Crippen MR) is 243 cm³/mol. The van der Waals surface area contributed by atoms with E-state index in [-0.39, 0.29) is 42.4 Å². The van der Waals surface area contributed by atoms with Crippen LogP contribution in [0.25, 0.3) is 10.9 Å². The van der Waals surface area contributed by atoms with Crippen molar-refractivity contribution in [1.29, 1.82) is 5.26 Å². The second-order valence-electron chi connectivity index (χ2n) is 17.8. The van der Waals surface area contributed by atoms with Crippen LogP contribution in [0.5, 0.6) is 40.2 Å². The van der Waals surface area contributed by atoms with Crippen molar-refractivity contribution in [3.05, 3.63) is 105 Å². The van der Waals surface area contributed by atoms with Crippen molar-refractivity contribution >= 4 is 40.6 Å². The number of ether oxygens (including phenoxy) is 7. The molecule has 67 heavy (non-hydrogen) atoms. The van der Waals surface area contributed by atoms with Crippen LogP contribution in [0.3, 0.4) is 0 Å². The van der Waals surface area contributed by atoms with E-state index in [2.05, 4.69) is 26.2 Å². The number of rotatable bonds is 5. The number of fused-ring (bicyclic) bond motifs is 10. The molecule has 1 aromatic heterocycles. The molecule has 5 aromatic rings. The maximum atomic E-state index is 15.2. The first-order valence-corrected chi connectivity index (χ1v) is 23.2. The molecule has 2 N–H and O–H groups in total. The zero-order valence-corrected chi connectivity index (χ0v) is 38.4. The molecule has 16 nitrogen and oxygen atoms in total. The number of hydrogen-bond acceptors (Lipinski definition) is 17. The van der Waals surface area contributed by atoms with Gasteiger partial charge in [-0.1, -0.05) is 24.3 Å². The van der Waals surface area contributed by atoms with E-state index in [1.165, 1.54) is 32.9 Å². The van der Waals surface area contributed by atoms with Crippen LogP contribution in [-0.4, -0.2) is 103 Å². The van der Waals surface area contributed by atoms with E-state index in [1.54, 1.807) is 24.4 Å². The Labute approximate surface area is 390 Å². The molecule has 7 atom stereocenters. The molecule has 8 heterocycles. The highest BCUT2D eigenvalue weighted by atomic mass is 32.2. The van der Waals surface area contributed by atoms with Gasteiger partial charge in [0, 0.05) is 65.1 Å². The van der Waals surface area contributed by atoms with Gasteiger partial charge in [-0.05, 0) is 80.3 Å². The van der Waals surface area contributed by atoms with Crippen LogP contribution in [0.15, 0.2) is 54.7 Å². The van der Waals surface area contributed by atoms with E-state index in [0.717, 1.165) is 16.7 Å². The van der Waals surface area contributed by atoms with Gasteiger partial charge in [-0.15, -0.1) is 11.8 Å². The molecule has 0 saturated carbocycles. The maximum Gasteiger partial charge on any atom is 0.344 e. The van der Waals surface area contributed by atoms with Crippen LogP contribution in [0.4, 0.5) is 0 Å². The lowest BCUT2D eigenvalue weighted by Crippen LogP contribution is -2.69. The molecule has 0 unspecified atom stereocenters. The van der Waals surface area contributed by atoms with Gasteiger partial charge in [0.1, 0.15) is 18.4 Å². The Bertz CT molecular complexity index is 3010. The highest BCUT2D eigenvalue weighted by Crippen LogP contribution is 2.64. The van der Waals surface area contributed by atoms with Gasteiger partial charge in [0.05, 0.1) is 48.7 Å². The summed E-state index contributed by atoms with van der Waals surface area (Å²) in [4.78, 5) is 50.9. The Hall–Kier alpha value is -6.58. The van der Waals surface area contributed by atoms with Gasteiger partial charge in [0.15, 0.2) is 40.0 Å². The van der Waals surface area contributed by atoms with Crippen molar-refractivity contribution in [2.45, 2.75) is 74.6 Å². The smallest absolute Gasteiger partial charge is 0.344 e. The molecule has 4 bridgehead atoms. The van der Waals surface area contributed by atoms with Gasteiger partial charge in [-0.25, -0.2) is 9.59 Å². The summed E-state index contributed by atoms with van der Waals surface area (Å²) in [6.07, 6.45) is 2.52. The summed E-state index contributed by atoms with van der Waals surface area (Å²) in [7, 11) is 4.99. The van der Waals surface area contributed by atoms with Crippen LogP contribution in [0.1, 0.15) is 79.1 Å². The van der Waals surface area contributed by atoms with Crippen LogP contribution >= 0.6 is 11.8 Å². The molecule has 0 radical (unpaired) electrons. The number of aryl methyl sites for hydroxylation is 1. The van der Waals surface area contributed by atoms with E-state index in [9.17, 15) is 20.0 Å². The number of likely N-dealkylation sites (N-methyl/N-ethyl adjacent to an activating group) is 1. The van der Waals surface area contributed by atoms with Crippen molar-refractivity contribution in [1.82, 2.24) is 20.1 Å². The van der Waals surface area contributed by atoms with E-state index in [0.29, 0.717) is 86.7 Å². The fourth-order valence-electron chi connectivity index (χ4n) is 11.7. The van der Waals surface area contributed by atoms with Crippen LogP contribution in [0, 0.1) is 25.2 Å². The zero-order valence-electron chi connectivity index (χ0n) is 37.6. The standard InChI is InChI=1S/C50H47N5O11S/c1-23-15-27-16-32-33(19-51)55-34-20-62-49(59)50(30-18-35(60-5)36(17-26(30)11-14-53-50)66-48(58)29-12-13-52-31-10-8-7-9-28(29)31)21-67-47(41(55)40(54(32)4)37(27)42(57)43(23)61-6)39-38(34)46-45(63-22-64-46)24(2)44(39)65-25(3)56/h7-10,12-13,15,17-18,32-34,40-41,47,53,57H,11,14,16,20-22H2,1-6H3/t32-,33-,34-,40+,41+,47+,50+/m0/s1. The van der Waals surface area contributed by atoms with Crippen molar-refractivity contribution in [2.24, 2.45) is 0 Å². The number of thioether (sulfide) groups is 1. The fourth-order valence-corrected chi connectivity index (χ4v) is 13.4. The number of aromatic hydroxyl groups is 1. The Morgan fingerprint density at radius 2 is 1.79 bits per heavy atom. The third-order valence-electron chi connectivity index (χ3n) is 14.5. The van der Waals surface area contributed by atoms with Gasteiger partial charge in [0.25, 0.3) is 0 Å². The molecule has 12 rings (SSSR count). The summed E-state index contributed by atoms with van der Waals surface area (Å²) >= 11 is 1.46. The lowest BCUT2D eigenvalue weighted by molar-refractivity contribution is -0.157. The van der Waals surface area contributed by atoms with Crippen LogP contribution in [0.2, 0.25) is 0 Å². The number of phenolic OH excluding ortho intramolecular Hbond substituents is 1. The average Bonchev–Trinajstić information content (AvgIpc) is 3.81. The summed E-state index contributed by atoms with van der Waals surface area (Å²) in [5, 5.41) is 27.1. The van der Waals surface area contributed by atoms with Gasteiger partial charge in [-0.3, -0.25) is 24.9 Å². The SMILES string of the molecule is COc1cc2c(cc1OC(=O)c1ccnc3ccccc13)CCN[C@]21CS[C@@H]2c3c(OC(C)=O)c(C)c4c(c3[C@H](COC1=O)N1[C@@H]2[C@H]2c3c(cc(C)c(OC)c3O)C[C@@H]([C@@H]1C#N)N2C)OCO4. The van der Waals surface area contributed by atoms with Gasteiger partial charge >= 0.3 is 17.9 Å². The highest BCUT2D eigenvalue weighted by Gasteiger charge is 2.62. The number of benzene rings is 4. The number of carbonyl (C=O) groups excluding carboxylic acids is 3. The summed E-state index contributed by atoms with van der Waals surface area (Å²) in [6.45, 7) is 5.13. The molecule has 2 fully saturated rings. The molecule has 1 spiro atoms. The zero-order chi connectivity index (χ0) is 46.6. The number of esters is 3. The number of methoxy groups -OCH3 is 2. The van der Waals surface area contributed by atoms with Gasteiger partial charge < -0.3 is 38.3 Å². The Morgan fingerprint density at radius 3 is 2.57 bits per heavy atom. The summed E-state index contributed by atoms with van der Waals surface area (Å²) < 4.78 is 42.9. The largest absolute Gasteiger partial charge is 0.504 e. The molecule has 2 saturated heterocycles. The second kappa shape index (κ2) is 16.0. The molecule has 0 amide bonds. The fraction of sp³-hybridized carbons (Fsp3) is 0.380. The number of hydrogen-bond donors (Lipinski definition) is 2. The van der Waals surface area contributed by atoms with Crippen LogP contribution in [-0.2, 0) is 32.7 Å². The third kappa shape index (κ3) is 6.29. The number of nitrogens with zero attached hydrogens (tertiary/aromatic N) is 4. The van der Waals surface area contributed by atoms with E-state index >= 15 is 4.79 Å². The maximum absolute atomic E-state index is 15.2. The van der Waals surface area contributed by atoms with Crippen molar-refractivity contribution in [3.63, 3.8) is 0 Å². The van der Waals surface area contributed by atoms with Gasteiger partial charge in [0.2, 0.25) is 6.79 Å². The lowest BCUT2D eigenvalue weighted by Gasteiger charge is -2.62. The molecule has 7 aliphatic heterocycles. The number of nitrogens with one attached hydrogen (secondary N) is 1. The predicted octanol–water partition coefficient (Wildman–Crippen LogP) is 6.05. The number of para-hydroxylation sites is 1. The van der Waals surface area contributed by atoms with Crippen molar-refractivity contribution in [2.75, 3.05) is 47.0 Å². The number of nitriles is 1. The van der Waals surface area contributed by atoms with Crippen molar-refractivity contribution < 1.29 is 52.6 Å². The molecular weight excluding hydrogens is 879 g/mol. The first kappa shape index (κ1) is 43.0. The number of pyridine rings is 1. The molecular formula is C50H47N5O11S. The minimum atomic E-state index is -1.46. The summed E-state index contributed by atoms with van der Waals surface area (Å²) in [5.74, 6) is 0.381. The van der Waals surface area contributed by atoms with Crippen LogP contribution < -0.4 is 33.7 Å². The third-order valence-corrected chi connectivity index (χ3v) is 16.0. The number of phenols is 1. The number of carbonyl (C=O) groups is 3. The topological polar surface area (TPSA) is 191 Å². The first-order chi connectivity index (χ1) is 32.4. The minimum Gasteiger partial charge on any atom is -0.504 e.